The van der Waals surface area contributed by atoms with Gasteiger partial charge in [0, 0.05) is 25.1 Å². The van der Waals surface area contributed by atoms with E-state index in [9.17, 15) is 9.59 Å². The molecule has 1 aliphatic rings. The molecule has 3 aromatic rings. The molecule has 1 unspecified atom stereocenters. The van der Waals surface area contributed by atoms with Gasteiger partial charge in [-0.1, -0.05) is 30.3 Å². The summed E-state index contributed by atoms with van der Waals surface area (Å²) in [5.74, 6) is 0.788. The summed E-state index contributed by atoms with van der Waals surface area (Å²) in [5, 5.41) is 6.13. The van der Waals surface area contributed by atoms with Crippen LogP contribution in [0.2, 0.25) is 0 Å². The van der Waals surface area contributed by atoms with Crippen molar-refractivity contribution in [1.82, 2.24) is 9.91 Å². The van der Waals surface area contributed by atoms with Crippen LogP contribution in [-0.4, -0.2) is 55.2 Å². The topological polar surface area (TPSA) is 84.6 Å². The largest absolute Gasteiger partial charge is 0.497 e. The van der Waals surface area contributed by atoms with Crippen LogP contribution < -0.4 is 9.47 Å². The highest BCUT2D eigenvalue weighted by atomic mass is 16.5. The minimum Gasteiger partial charge on any atom is -0.497 e. The Labute approximate surface area is 192 Å². The monoisotopic (exact) mass is 447 g/mol. The van der Waals surface area contributed by atoms with Crippen LogP contribution in [0.15, 0.2) is 76.4 Å². The molecule has 1 aromatic heterocycles. The number of benzene rings is 2. The molecule has 0 fully saturated rings. The summed E-state index contributed by atoms with van der Waals surface area (Å²) >= 11 is 0. The van der Waals surface area contributed by atoms with Crippen molar-refractivity contribution in [1.29, 1.82) is 0 Å². The average molecular weight is 447 g/mol. The third-order valence-electron chi connectivity index (χ3n) is 5.52. The summed E-state index contributed by atoms with van der Waals surface area (Å²) in [7, 11) is 4.74. The highest BCUT2D eigenvalue weighted by Crippen LogP contribution is 2.36. The number of methoxy groups -OCH3 is 2. The van der Waals surface area contributed by atoms with Crippen LogP contribution in [0, 0.1) is 0 Å². The van der Waals surface area contributed by atoms with Crippen LogP contribution in [0.4, 0.5) is 0 Å². The van der Waals surface area contributed by atoms with Gasteiger partial charge in [0.15, 0.2) is 5.76 Å². The molecule has 0 spiro atoms. The summed E-state index contributed by atoms with van der Waals surface area (Å²) in [6, 6.07) is 18.1. The van der Waals surface area contributed by atoms with Gasteiger partial charge in [-0.3, -0.25) is 9.59 Å². The Balaban J connectivity index is 1.63. The summed E-state index contributed by atoms with van der Waals surface area (Å²) in [4.78, 5) is 27.1. The van der Waals surface area contributed by atoms with Gasteiger partial charge >= 0.3 is 0 Å². The molecule has 0 saturated heterocycles. The lowest BCUT2D eigenvalue weighted by Gasteiger charge is -2.24. The molecular formula is C25H25N3O5. The normalized spacial score (nSPS) is 15.2. The van der Waals surface area contributed by atoms with E-state index in [-0.39, 0.29) is 30.2 Å². The van der Waals surface area contributed by atoms with Crippen LogP contribution in [0.5, 0.6) is 11.5 Å². The van der Waals surface area contributed by atoms with E-state index in [1.807, 2.05) is 42.5 Å². The third kappa shape index (κ3) is 4.59. The van der Waals surface area contributed by atoms with Gasteiger partial charge in [0.2, 0.25) is 0 Å². The number of rotatable bonds is 7. The Bertz CT molecular complexity index is 1160. The molecule has 33 heavy (non-hydrogen) atoms. The van der Waals surface area contributed by atoms with Crippen LogP contribution in [-0.2, 0) is 4.79 Å². The van der Waals surface area contributed by atoms with Crippen LogP contribution in [0.25, 0.3) is 0 Å². The molecular weight excluding hydrogens is 422 g/mol. The van der Waals surface area contributed by atoms with Gasteiger partial charge in [0.1, 0.15) is 18.0 Å². The van der Waals surface area contributed by atoms with E-state index in [2.05, 4.69) is 5.10 Å². The molecule has 4 rings (SSSR count). The van der Waals surface area contributed by atoms with Gasteiger partial charge in [-0.2, -0.15) is 5.10 Å². The van der Waals surface area contributed by atoms with Crippen molar-refractivity contribution in [3.63, 3.8) is 0 Å². The second-order valence-electron chi connectivity index (χ2n) is 7.62. The molecule has 0 saturated carbocycles. The second-order valence-corrected chi connectivity index (χ2v) is 7.62. The van der Waals surface area contributed by atoms with Crippen molar-refractivity contribution in [3.05, 3.63) is 83.8 Å². The first kappa shape index (κ1) is 22.1. The zero-order valence-electron chi connectivity index (χ0n) is 18.7. The molecule has 0 bridgehead atoms. The van der Waals surface area contributed by atoms with E-state index in [4.69, 9.17) is 13.9 Å². The molecule has 0 N–H and O–H groups in total. The second kappa shape index (κ2) is 9.60. The lowest BCUT2D eigenvalue weighted by atomic mass is 9.98. The van der Waals surface area contributed by atoms with E-state index >= 15 is 0 Å². The molecule has 0 aliphatic carbocycles. The maximum absolute atomic E-state index is 13.3. The van der Waals surface area contributed by atoms with E-state index < -0.39 is 0 Å². The van der Waals surface area contributed by atoms with E-state index in [0.29, 0.717) is 17.9 Å². The first-order chi connectivity index (χ1) is 16.0. The Kier molecular flexibility index (Phi) is 6.44. The first-order valence-corrected chi connectivity index (χ1v) is 10.5. The van der Waals surface area contributed by atoms with Gasteiger partial charge in [-0.15, -0.1) is 0 Å². The molecule has 170 valence electrons. The minimum absolute atomic E-state index is 0.139. The number of hydrazone groups is 1. The fraction of sp³-hybridized carbons (Fsp3) is 0.240. The highest BCUT2D eigenvalue weighted by molar-refractivity contribution is 6.05. The number of hydrogen-bond donors (Lipinski definition) is 0. The van der Waals surface area contributed by atoms with Gasteiger partial charge in [-0.05, 0) is 29.8 Å². The molecule has 8 nitrogen and oxygen atoms in total. The summed E-state index contributed by atoms with van der Waals surface area (Å²) in [6.07, 6.45) is 1.93. The lowest BCUT2D eigenvalue weighted by Crippen LogP contribution is -2.39. The quantitative estimate of drug-likeness (QED) is 0.551. The van der Waals surface area contributed by atoms with Crippen molar-refractivity contribution < 1.29 is 23.5 Å². The van der Waals surface area contributed by atoms with Crippen LogP contribution in [0.1, 0.15) is 34.1 Å². The number of carbonyl (C=O) groups excluding carboxylic acids is 2. The summed E-state index contributed by atoms with van der Waals surface area (Å²) in [5.41, 5.74) is 2.46. The molecule has 0 radical (unpaired) electrons. The number of nitrogens with zero attached hydrogens (tertiary/aromatic N) is 3. The van der Waals surface area contributed by atoms with Crippen molar-refractivity contribution in [2.45, 2.75) is 12.5 Å². The van der Waals surface area contributed by atoms with E-state index in [1.165, 1.54) is 16.2 Å². The van der Waals surface area contributed by atoms with E-state index in [0.717, 1.165) is 16.8 Å². The van der Waals surface area contributed by atoms with Crippen molar-refractivity contribution >= 4 is 17.5 Å². The fourth-order valence-corrected chi connectivity index (χ4v) is 3.81. The van der Waals surface area contributed by atoms with Gasteiger partial charge < -0.3 is 18.8 Å². The molecule has 1 atom stereocenters. The number of hydrogen-bond acceptors (Lipinski definition) is 6. The molecule has 2 amide bonds. The van der Waals surface area contributed by atoms with Gasteiger partial charge in [-0.25, -0.2) is 5.01 Å². The maximum Gasteiger partial charge on any atom is 0.289 e. The van der Waals surface area contributed by atoms with Crippen molar-refractivity contribution in [2.75, 3.05) is 27.8 Å². The highest BCUT2D eigenvalue weighted by Gasteiger charge is 2.35. The van der Waals surface area contributed by atoms with Gasteiger partial charge in [0.05, 0.1) is 32.2 Å². The van der Waals surface area contributed by atoms with Crippen LogP contribution >= 0.6 is 0 Å². The standard InChI is InChI=1S/C25H25N3O5/c1-27(25(30)22-10-7-13-33-22)16-24(29)28-21(17-8-5-4-6-9-17)15-20(26-28)19-12-11-18(31-2)14-23(19)32-3/h4-14,21H,15-16H2,1-3H3. The molecule has 2 aromatic carbocycles. The number of ether oxygens (including phenoxy) is 2. The minimum atomic E-state index is -0.371. The van der Waals surface area contributed by atoms with E-state index in [1.54, 1.807) is 39.5 Å². The SMILES string of the molecule is COc1ccc(C2=NN(C(=O)CN(C)C(=O)c3ccco3)C(c3ccccc3)C2)c(OC)c1. The number of amides is 2. The lowest BCUT2D eigenvalue weighted by molar-refractivity contribution is -0.133. The van der Waals surface area contributed by atoms with Crippen LogP contribution in [0.3, 0.4) is 0 Å². The number of carbonyl (C=O) groups is 2. The number of furan rings is 1. The molecule has 8 heteroatoms. The van der Waals surface area contributed by atoms with Crippen molar-refractivity contribution in [3.8, 4) is 11.5 Å². The molecule has 1 aliphatic heterocycles. The predicted molar refractivity (Wildman–Crippen MR) is 122 cm³/mol. The average Bonchev–Trinajstić information content (AvgIpc) is 3.54. The number of likely N-dealkylation sites (N-methyl/N-ethyl adjacent to an activating group) is 1. The Morgan fingerprint density at radius 1 is 1.09 bits per heavy atom. The summed E-state index contributed by atoms with van der Waals surface area (Å²) < 4.78 is 16.0. The third-order valence-corrected chi connectivity index (χ3v) is 5.52. The Morgan fingerprint density at radius 2 is 1.88 bits per heavy atom. The molecule has 2 heterocycles. The Hall–Kier alpha value is -4.07. The van der Waals surface area contributed by atoms with Crippen molar-refractivity contribution in [2.24, 2.45) is 5.10 Å². The first-order valence-electron chi connectivity index (χ1n) is 10.5. The zero-order chi connectivity index (χ0) is 23.4. The fourth-order valence-electron chi connectivity index (χ4n) is 3.81. The van der Waals surface area contributed by atoms with Gasteiger partial charge in [0.25, 0.3) is 11.8 Å². The Morgan fingerprint density at radius 3 is 2.55 bits per heavy atom. The maximum atomic E-state index is 13.3. The zero-order valence-corrected chi connectivity index (χ0v) is 18.7. The predicted octanol–water partition coefficient (Wildman–Crippen LogP) is 3.75. The summed E-state index contributed by atoms with van der Waals surface area (Å²) in [6.45, 7) is -0.139. The smallest absolute Gasteiger partial charge is 0.289 e.